The first-order valence-corrected chi connectivity index (χ1v) is 6.06. The van der Waals surface area contributed by atoms with Gasteiger partial charge in [0, 0.05) is 17.6 Å². The van der Waals surface area contributed by atoms with Gasteiger partial charge < -0.3 is 4.90 Å². The summed E-state index contributed by atoms with van der Waals surface area (Å²) in [6, 6.07) is 7.82. The molecule has 0 aliphatic heterocycles. The molecule has 0 spiro atoms. The van der Waals surface area contributed by atoms with Crippen LogP contribution >= 0.6 is 11.3 Å². The third kappa shape index (κ3) is 2.80. The van der Waals surface area contributed by atoms with Crippen LogP contribution in [0, 0.1) is 18.3 Å². The molecule has 0 amide bonds. The molecule has 0 atom stereocenters. The van der Waals surface area contributed by atoms with Crippen molar-refractivity contribution in [1.82, 2.24) is 9.97 Å². The molecule has 0 unspecified atom stereocenters. The molecule has 2 heterocycles. The maximum Gasteiger partial charge on any atom is 0.226 e. The predicted octanol–water partition coefficient (Wildman–Crippen LogP) is 2.35. The topological polar surface area (TPSA) is 52.8 Å². The normalized spacial score (nSPS) is 9.94. The second-order valence-electron chi connectivity index (χ2n) is 3.74. The van der Waals surface area contributed by atoms with E-state index < -0.39 is 0 Å². The molecule has 86 valence electrons. The summed E-state index contributed by atoms with van der Waals surface area (Å²) in [5, 5.41) is 10.9. The second-order valence-corrected chi connectivity index (χ2v) is 4.77. The van der Waals surface area contributed by atoms with E-state index in [2.05, 4.69) is 16.0 Å². The Hall–Kier alpha value is -1.93. The van der Waals surface area contributed by atoms with Crippen LogP contribution in [0.3, 0.4) is 0 Å². The number of aryl methyl sites for hydroxylation is 1. The molecule has 2 aromatic heterocycles. The summed E-state index contributed by atoms with van der Waals surface area (Å²) in [4.78, 5) is 11.7. The quantitative estimate of drug-likeness (QED) is 0.831. The summed E-state index contributed by atoms with van der Waals surface area (Å²) in [5.74, 6) is 0.593. The monoisotopic (exact) mass is 244 g/mol. The van der Waals surface area contributed by atoms with Gasteiger partial charge in [0.15, 0.2) is 0 Å². The lowest BCUT2D eigenvalue weighted by Crippen LogP contribution is -2.19. The Bertz CT molecular complexity index is 542. The minimum Gasteiger partial charge on any atom is -0.339 e. The van der Waals surface area contributed by atoms with E-state index in [9.17, 15) is 0 Å². The average molecular weight is 244 g/mol. The molecule has 0 fully saturated rings. The minimum absolute atomic E-state index is 0.408. The lowest BCUT2D eigenvalue weighted by molar-refractivity contribution is 0.867. The van der Waals surface area contributed by atoms with Crippen molar-refractivity contribution in [2.24, 2.45) is 0 Å². The van der Waals surface area contributed by atoms with Crippen LogP contribution in [0.2, 0.25) is 0 Å². The van der Waals surface area contributed by atoms with E-state index in [0.29, 0.717) is 11.6 Å². The Kier molecular flexibility index (Phi) is 3.35. The zero-order valence-corrected chi connectivity index (χ0v) is 10.5. The van der Waals surface area contributed by atoms with Gasteiger partial charge >= 0.3 is 0 Å². The van der Waals surface area contributed by atoms with E-state index in [1.165, 1.54) is 4.88 Å². The molecule has 5 heteroatoms. The van der Waals surface area contributed by atoms with Crippen molar-refractivity contribution in [3.8, 4) is 6.07 Å². The van der Waals surface area contributed by atoms with E-state index in [1.807, 2.05) is 36.4 Å². The number of hydrogen-bond acceptors (Lipinski definition) is 5. The van der Waals surface area contributed by atoms with Gasteiger partial charge in [0.05, 0.1) is 6.54 Å². The van der Waals surface area contributed by atoms with Gasteiger partial charge in [-0.3, -0.25) is 0 Å². The van der Waals surface area contributed by atoms with Crippen molar-refractivity contribution in [3.63, 3.8) is 0 Å². The molecule has 17 heavy (non-hydrogen) atoms. The molecule has 0 radical (unpaired) electrons. The number of anilines is 1. The molecule has 0 saturated heterocycles. The summed E-state index contributed by atoms with van der Waals surface area (Å²) >= 11 is 1.70. The molecule has 0 aromatic carbocycles. The molecule has 0 aliphatic carbocycles. The highest BCUT2D eigenvalue weighted by Gasteiger charge is 2.08. The lowest BCUT2D eigenvalue weighted by Gasteiger charge is -2.16. The van der Waals surface area contributed by atoms with Crippen LogP contribution in [0.1, 0.15) is 16.3 Å². The smallest absolute Gasteiger partial charge is 0.226 e. The first-order chi connectivity index (χ1) is 8.19. The van der Waals surface area contributed by atoms with E-state index in [0.717, 1.165) is 12.2 Å². The molecular formula is C12H12N4S. The third-order valence-electron chi connectivity index (χ3n) is 2.27. The average Bonchev–Trinajstić information content (AvgIpc) is 2.81. The van der Waals surface area contributed by atoms with E-state index in [4.69, 9.17) is 5.26 Å². The molecule has 2 aromatic rings. The zero-order valence-electron chi connectivity index (χ0n) is 9.71. The Morgan fingerprint density at radius 3 is 2.94 bits per heavy atom. The molecule has 0 N–H and O–H groups in total. The molecule has 0 aliphatic rings. The van der Waals surface area contributed by atoms with Gasteiger partial charge in [-0.15, -0.1) is 11.3 Å². The van der Waals surface area contributed by atoms with Crippen molar-refractivity contribution in [1.29, 1.82) is 5.26 Å². The maximum absolute atomic E-state index is 8.87. The van der Waals surface area contributed by atoms with Gasteiger partial charge in [-0.1, -0.05) is 6.07 Å². The summed E-state index contributed by atoms with van der Waals surface area (Å²) in [7, 11) is 1.93. The summed E-state index contributed by atoms with van der Waals surface area (Å²) in [5.41, 5.74) is 1.22. The first-order valence-electron chi connectivity index (χ1n) is 5.18. The SMILES string of the molecule is Cc1cc(C#N)nc(N(C)Cc2cccs2)n1. The van der Waals surface area contributed by atoms with Gasteiger partial charge in [0.25, 0.3) is 0 Å². The highest BCUT2D eigenvalue weighted by atomic mass is 32.1. The van der Waals surface area contributed by atoms with E-state index >= 15 is 0 Å². The molecule has 4 nitrogen and oxygen atoms in total. The number of nitriles is 1. The molecule has 0 bridgehead atoms. The van der Waals surface area contributed by atoms with Crippen molar-refractivity contribution in [2.75, 3.05) is 11.9 Å². The van der Waals surface area contributed by atoms with Crippen LogP contribution in [0.5, 0.6) is 0 Å². The maximum atomic E-state index is 8.87. The van der Waals surface area contributed by atoms with Crippen LogP contribution in [0.15, 0.2) is 23.6 Å². The fourth-order valence-corrected chi connectivity index (χ4v) is 2.25. The van der Waals surface area contributed by atoms with Crippen molar-refractivity contribution >= 4 is 17.3 Å². The highest BCUT2D eigenvalue weighted by Crippen LogP contribution is 2.15. The number of rotatable bonds is 3. The van der Waals surface area contributed by atoms with Crippen molar-refractivity contribution in [2.45, 2.75) is 13.5 Å². The fraction of sp³-hybridized carbons (Fsp3) is 0.250. The number of thiophene rings is 1. The summed E-state index contributed by atoms with van der Waals surface area (Å²) in [6.45, 7) is 2.62. The van der Waals surface area contributed by atoms with Gasteiger partial charge in [0.2, 0.25) is 5.95 Å². The highest BCUT2D eigenvalue weighted by molar-refractivity contribution is 7.09. The Morgan fingerprint density at radius 2 is 2.29 bits per heavy atom. The van der Waals surface area contributed by atoms with E-state index in [1.54, 1.807) is 17.4 Å². The largest absolute Gasteiger partial charge is 0.339 e. The van der Waals surface area contributed by atoms with Crippen molar-refractivity contribution < 1.29 is 0 Å². The van der Waals surface area contributed by atoms with Crippen LogP contribution in [0.4, 0.5) is 5.95 Å². The summed E-state index contributed by atoms with van der Waals surface area (Å²) < 4.78 is 0. The standard InChI is InChI=1S/C12H12N4S/c1-9-6-10(7-13)15-12(14-9)16(2)8-11-4-3-5-17-11/h3-6H,8H2,1-2H3. The van der Waals surface area contributed by atoms with Gasteiger partial charge in [0.1, 0.15) is 11.8 Å². The minimum atomic E-state index is 0.408. The van der Waals surface area contributed by atoms with E-state index in [-0.39, 0.29) is 0 Å². The van der Waals surface area contributed by atoms with Crippen LogP contribution in [0.25, 0.3) is 0 Å². The fourth-order valence-electron chi connectivity index (χ4n) is 1.49. The van der Waals surface area contributed by atoms with Crippen molar-refractivity contribution in [3.05, 3.63) is 39.8 Å². The molecular weight excluding hydrogens is 232 g/mol. The van der Waals surface area contributed by atoms with Gasteiger partial charge in [-0.25, -0.2) is 9.97 Å². The van der Waals surface area contributed by atoms with Gasteiger partial charge in [-0.05, 0) is 24.4 Å². The molecule has 2 rings (SSSR count). The van der Waals surface area contributed by atoms with Crippen LogP contribution in [-0.2, 0) is 6.54 Å². The third-order valence-corrected chi connectivity index (χ3v) is 3.13. The number of hydrogen-bond donors (Lipinski definition) is 0. The number of aromatic nitrogens is 2. The second kappa shape index (κ2) is 4.93. The Balaban J connectivity index is 2.22. The van der Waals surface area contributed by atoms with Crippen LogP contribution < -0.4 is 4.90 Å². The Labute approximate surface area is 104 Å². The summed E-state index contributed by atoms with van der Waals surface area (Å²) in [6.07, 6.45) is 0. The molecule has 0 saturated carbocycles. The Morgan fingerprint density at radius 1 is 1.47 bits per heavy atom. The predicted molar refractivity (Wildman–Crippen MR) is 67.9 cm³/mol. The van der Waals surface area contributed by atoms with Crippen LogP contribution in [-0.4, -0.2) is 17.0 Å². The zero-order chi connectivity index (χ0) is 12.3. The lowest BCUT2D eigenvalue weighted by atomic mass is 10.3. The first kappa shape index (κ1) is 11.6. The number of nitrogens with zero attached hydrogens (tertiary/aromatic N) is 4. The van der Waals surface area contributed by atoms with Gasteiger partial charge in [-0.2, -0.15) is 5.26 Å².